The van der Waals surface area contributed by atoms with E-state index in [2.05, 4.69) is 0 Å². The van der Waals surface area contributed by atoms with Gasteiger partial charge < -0.3 is 14.7 Å². The normalized spacial score (nSPS) is 14.5. The number of hydrogen-bond donors (Lipinski definition) is 1. The minimum absolute atomic E-state index is 0.177. The lowest BCUT2D eigenvalue weighted by molar-refractivity contribution is -0.134. The van der Waals surface area contributed by atoms with E-state index in [1.165, 1.54) is 0 Å². The molecule has 1 aliphatic heterocycles. The first-order valence-electron chi connectivity index (χ1n) is 4.90. The second-order valence-corrected chi connectivity index (χ2v) is 4.34. The van der Waals surface area contributed by atoms with Gasteiger partial charge in [-0.15, -0.1) is 0 Å². The summed E-state index contributed by atoms with van der Waals surface area (Å²) in [7, 11) is 0. The molecule has 0 aromatic heterocycles. The Morgan fingerprint density at radius 3 is 1.87 bits per heavy atom. The number of nitrogens with zero attached hydrogens (tertiary/aromatic N) is 1. The van der Waals surface area contributed by atoms with Crippen molar-refractivity contribution in [3.8, 4) is 0 Å². The van der Waals surface area contributed by atoms with E-state index in [0.717, 1.165) is 26.4 Å². The molecule has 0 saturated carbocycles. The lowest BCUT2D eigenvalue weighted by Crippen LogP contribution is -2.44. The van der Waals surface area contributed by atoms with Crippen LogP contribution in [0.2, 0.25) is 0 Å². The number of hydrogen-bond acceptors (Lipinski definition) is 3. The molecule has 0 radical (unpaired) electrons. The molecule has 5 nitrogen and oxygen atoms in total. The summed E-state index contributed by atoms with van der Waals surface area (Å²) in [6.45, 7) is 8.43. The van der Waals surface area contributed by atoms with Crippen molar-refractivity contribution in [3.63, 3.8) is 0 Å². The molecule has 1 rings (SSSR count). The quantitative estimate of drug-likeness (QED) is 0.670. The van der Waals surface area contributed by atoms with Crippen molar-refractivity contribution in [2.45, 2.75) is 39.7 Å². The minimum Gasteiger partial charge on any atom is -0.481 e. The molecule has 0 unspecified atom stereocenters. The van der Waals surface area contributed by atoms with Gasteiger partial charge in [0.25, 0.3) is 5.97 Å². The van der Waals surface area contributed by atoms with Gasteiger partial charge in [-0.05, 0) is 27.2 Å². The number of carbonyl (C=O) groups excluding carboxylic acids is 1. The summed E-state index contributed by atoms with van der Waals surface area (Å²) in [6, 6.07) is 0. The van der Waals surface area contributed by atoms with Crippen molar-refractivity contribution in [2.24, 2.45) is 0 Å². The van der Waals surface area contributed by atoms with Crippen molar-refractivity contribution >= 4 is 12.1 Å². The molecular formula is C10H19NO4. The van der Waals surface area contributed by atoms with Gasteiger partial charge in [0.15, 0.2) is 0 Å². The zero-order valence-electron chi connectivity index (χ0n) is 9.74. The highest BCUT2D eigenvalue weighted by molar-refractivity contribution is 5.68. The van der Waals surface area contributed by atoms with Crippen molar-refractivity contribution < 1.29 is 19.4 Å². The average Bonchev–Trinajstić information content (AvgIpc) is 1.73. The van der Waals surface area contributed by atoms with Crippen LogP contribution in [0.15, 0.2) is 0 Å². The van der Waals surface area contributed by atoms with E-state index in [0.29, 0.717) is 0 Å². The van der Waals surface area contributed by atoms with E-state index in [1.54, 1.807) is 4.90 Å². The molecule has 0 spiro atoms. The zero-order valence-corrected chi connectivity index (χ0v) is 9.74. The van der Waals surface area contributed by atoms with Crippen molar-refractivity contribution in [1.82, 2.24) is 4.90 Å². The molecule has 88 valence electrons. The van der Waals surface area contributed by atoms with E-state index < -0.39 is 5.97 Å². The predicted molar refractivity (Wildman–Crippen MR) is 55.7 cm³/mol. The van der Waals surface area contributed by atoms with Crippen LogP contribution in [0, 0.1) is 0 Å². The van der Waals surface area contributed by atoms with Gasteiger partial charge in [0.2, 0.25) is 0 Å². The molecule has 0 bridgehead atoms. The third kappa shape index (κ3) is 7.78. The monoisotopic (exact) mass is 217 g/mol. The molecular weight excluding hydrogens is 198 g/mol. The van der Waals surface area contributed by atoms with Crippen molar-refractivity contribution in [3.05, 3.63) is 0 Å². The van der Waals surface area contributed by atoms with Gasteiger partial charge in [-0.1, -0.05) is 0 Å². The summed E-state index contributed by atoms with van der Waals surface area (Å²) in [6.07, 6.45) is 0.933. The fraction of sp³-hybridized carbons (Fsp3) is 0.800. The summed E-state index contributed by atoms with van der Waals surface area (Å²) in [5.41, 5.74) is -0.354. The molecule has 1 aliphatic rings. The average molecular weight is 217 g/mol. The molecule has 0 aliphatic carbocycles. The van der Waals surface area contributed by atoms with Gasteiger partial charge in [0.05, 0.1) is 0 Å². The highest BCUT2D eigenvalue weighted by Crippen LogP contribution is 2.13. The van der Waals surface area contributed by atoms with Crippen LogP contribution in [0.3, 0.4) is 0 Å². The van der Waals surface area contributed by atoms with Crippen LogP contribution in [0.4, 0.5) is 4.79 Å². The standard InChI is InChI=1S/C8H15NO2.C2H4O2/c1-8(2,3)11-7(10)9-5-4-6-9;1-2(3)4/h4-6H2,1-3H3;1H3,(H,3,4). The summed E-state index contributed by atoms with van der Waals surface area (Å²) >= 11 is 0. The number of aliphatic carboxylic acids is 1. The Bertz CT molecular complexity index is 224. The highest BCUT2D eigenvalue weighted by atomic mass is 16.6. The molecule has 1 amide bonds. The summed E-state index contributed by atoms with van der Waals surface area (Å²) in [5, 5.41) is 7.42. The zero-order chi connectivity index (χ0) is 12.1. The minimum atomic E-state index is -0.833. The van der Waals surface area contributed by atoms with Crippen molar-refractivity contribution in [1.29, 1.82) is 0 Å². The SMILES string of the molecule is CC(=O)O.CC(C)(C)OC(=O)N1CCC1. The van der Waals surface area contributed by atoms with E-state index >= 15 is 0 Å². The lowest BCUT2D eigenvalue weighted by atomic mass is 10.2. The van der Waals surface area contributed by atoms with E-state index in [4.69, 9.17) is 14.6 Å². The summed E-state index contributed by atoms with van der Waals surface area (Å²) in [4.78, 5) is 21.9. The fourth-order valence-electron chi connectivity index (χ4n) is 0.825. The van der Waals surface area contributed by atoms with Gasteiger partial charge in [-0.25, -0.2) is 4.79 Å². The van der Waals surface area contributed by atoms with Crippen LogP contribution in [-0.2, 0) is 9.53 Å². The van der Waals surface area contributed by atoms with Crippen LogP contribution in [0.5, 0.6) is 0 Å². The summed E-state index contributed by atoms with van der Waals surface area (Å²) in [5.74, 6) is -0.833. The number of rotatable bonds is 0. The summed E-state index contributed by atoms with van der Waals surface area (Å²) < 4.78 is 5.13. The molecule has 15 heavy (non-hydrogen) atoms. The third-order valence-corrected chi connectivity index (χ3v) is 1.51. The molecule has 1 saturated heterocycles. The van der Waals surface area contributed by atoms with Crippen LogP contribution in [0.1, 0.15) is 34.1 Å². The Morgan fingerprint density at radius 1 is 1.27 bits per heavy atom. The Hall–Kier alpha value is -1.26. The second kappa shape index (κ2) is 5.58. The Balaban J connectivity index is 0.000000423. The number of ether oxygens (including phenoxy) is 1. The van der Waals surface area contributed by atoms with Gasteiger partial charge >= 0.3 is 6.09 Å². The van der Waals surface area contributed by atoms with Crippen molar-refractivity contribution in [2.75, 3.05) is 13.1 Å². The van der Waals surface area contributed by atoms with E-state index in [-0.39, 0.29) is 11.7 Å². The van der Waals surface area contributed by atoms with Crippen LogP contribution in [-0.4, -0.2) is 40.8 Å². The Morgan fingerprint density at radius 2 is 1.67 bits per heavy atom. The van der Waals surface area contributed by atoms with Gasteiger partial charge in [-0.2, -0.15) is 0 Å². The maximum Gasteiger partial charge on any atom is 0.410 e. The number of amides is 1. The topological polar surface area (TPSA) is 66.8 Å². The second-order valence-electron chi connectivity index (χ2n) is 4.34. The molecule has 5 heteroatoms. The first-order chi connectivity index (χ1) is 6.72. The number of carboxylic acid groups (broad SMARTS) is 1. The Labute approximate surface area is 90.0 Å². The smallest absolute Gasteiger partial charge is 0.410 e. The lowest BCUT2D eigenvalue weighted by Gasteiger charge is -2.32. The number of carbonyl (C=O) groups is 2. The van der Waals surface area contributed by atoms with E-state index in [1.807, 2.05) is 20.8 Å². The molecule has 1 heterocycles. The number of likely N-dealkylation sites (tertiary alicyclic amines) is 1. The maximum absolute atomic E-state index is 11.1. The molecule has 1 fully saturated rings. The first-order valence-corrected chi connectivity index (χ1v) is 4.90. The number of carboxylic acids is 1. The predicted octanol–water partition coefficient (Wildman–Crippen LogP) is 1.72. The van der Waals surface area contributed by atoms with Gasteiger partial charge in [-0.3, -0.25) is 4.79 Å². The highest BCUT2D eigenvalue weighted by Gasteiger charge is 2.25. The van der Waals surface area contributed by atoms with Crippen LogP contribution < -0.4 is 0 Å². The molecule has 1 N–H and O–H groups in total. The van der Waals surface area contributed by atoms with Crippen LogP contribution in [0.25, 0.3) is 0 Å². The first kappa shape index (κ1) is 13.7. The molecule has 0 aromatic carbocycles. The van der Waals surface area contributed by atoms with E-state index in [9.17, 15) is 4.79 Å². The van der Waals surface area contributed by atoms with Crippen LogP contribution >= 0.6 is 0 Å². The maximum atomic E-state index is 11.1. The molecule has 0 aromatic rings. The molecule has 0 atom stereocenters. The van der Waals surface area contributed by atoms with Gasteiger partial charge in [0, 0.05) is 20.0 Å². The Kier molecular flexibility index (Phi) is 5.11. The largest absolute Gasteiger partial charge is 0.481 e. The third-order valence-electron chi connectivity index (χ3n) is 1.51. The fourth-order valence-corrected chi connectivity index (χ4v) is 0.825. The van der Waals surface area contributed by atoms with Gasteiger partial charge in [0.1, 0.15) is 5.60 Å².